The first kappa shape index (κ1) is 21.7. The minimum Gasteiger partial charge on any atom is -0.235 e. The maximum atomic E-state index is 4.81. The first-order valence-corrected chi connectivity index (χ1v) is 13.5. The Morgan fingerprint density at radius 2 is 1.65 bits per heavy atom. The molecule has 0 aliphatic carbocycles. The van der Waals surface area contributed by atoms with E-state index in [4.69, 9.17) is 9.97 Å². The molecule has 0 amide bonds. The zero-order chi connectivity index (χ0) is 23.6. The van der Waals surface area contributed by atoms with Crippen molar-refractivity contribution in [2.24, 2.45) is 5.92 Å². The van der Waals surface area contributed by atoms with Crippen LogP contribution in [-0.2, 0) is 11.8 Å². The highest BCUT2D eigenvalue weighted by Gasteiger charge is 2.20. The molecule has 6 rings (SSSR count). The summed E-state index contributed by atoms with van der Waals surface area (Å²) in [5, 5.41) is 5.16. The van der Waals surface area contributed by atoms with E-state index >= 15 is 0 Å². The minimum atomic E-state index is 0.0416. The van der Waals surface area contributed by atoms with E-state index in [1.165, 1.54) is 51.6 Å². The van der Waals surface area contributed by atoms with E-state index in [1.54, 1.807) is 6.33 Å². The lowest BCUT2D eigenvalue weighted by molar-refractivity contribution is 0.596. The van der Waals surface area contributed by atoms with Gasteiger partial charge in [-0.3, -0.25) is 0 Å². The number of nitrogens with zero attached hydrogens (tertiary/aromatic N) is 2. The monoisotopic (exact) mass is 480 g/mol. The Morgan fingerprint density at radius 1 is 0.824 bits per heavy atom. The van der Waals surface area contributed by atoms with Crippen LogP contribution in [0.1, 0.15) is 45.1 Å². The second kappa shape index (κ2) is 7.86. The molecule has 3 aromatic heterocycles. The quantitative estimate of drug-likeness (QED) is 0.252. The largest absolute Gasteiger partial charge is 0.235 e. The molecular formula is C30H28N2S2. The fourth-order valence-electron chi connectivity index (χ4n) is 4.94. The molecule has 0 aliphatic heterocycles. The van der Waals surface area contributed by atoms with E-state index < -0.39 is 0 Å². The molecule has 4 heteroatoms. The molecule has 34 heavy (non-hydrogen) atoms. The summed E-state index contributed by atoms with van der Waals surface area (Å²) in [6.07, 6.45) is 2.87. The summed E-state index contributed by atoms with van der Waals surface area (Å²) in [6, 6.07) is 20.4. The van der Waals surface area contributed by atoms with Gasteiger partial charge in [-0.1, -0.05) is 58.9 Å². The molecule has 170 valence electrons. The lowest BCUT2D eigenvalue weighted by Crippen LogP contribution is -2.12. The summed E-state index contributed by atoms with van der Waals surface area (Å²) in [5.41, 5.74) is 4.66. The smallest absolute Gasteiger partial charge is 0.116 e. The molecule has 0 saturated heterocycles. The minimum absolute atomic E-state index is 0.0416. The predicted octanol–water partition coefficient (Wildman–Crippen LogP) is 9.38. The third kappa shape index (κ3) is 3.60. The zero-order valence-corrected chi connectivity index (χ0v) is 21.9. The first-order valence-electron chi connectivity index (χ1n) is 11.9. The van der Waals surface area contributed by atoms with Gasteiger partial charge < -0.3 is 0 Å². The molecule has 0 radical (unpaired) electrons. The van der Waals surface area contributed by atoms with Crippen LogP contribution in [0, 0.1) is 5.92 Å². The van der Waals surface area contributed by atoms with Gasteiger partial charge in [-0.05, 0) is 69.8 Å². The Bertz CT molecular complexity index is 1700. The standard InChI is InChI=1S/C30H28N2S2/c1-17(2)10-21-12-19-14-26-23(15-25(19)33-21)28-29(34-26)27(31-16-32-28)20-11-18-8-6-7-9-22(18)24(13-20)30(3,4)5/h6-9,11-17H,10H2,1-5H3. The molecule has 6 aromatic rings. The molecular weight excluding hydrogens is 452 g/mol. The predicted molar refractivity (Wildman–Crippen MR) is 150 cm³/mol. The van der Waals surface area contributed by atoms with Crippen molar-refractivity contribution in [3.8, 4) is 11.3 Å². The molecule has 0 atom stereocenters. The van der Waals surface area contributed by atoms with E-state index in [9.17, 15) is 0 Å². The second-order valence-electron chi connectivity index (χ2n) is 10.7. The van der Waals surface area contributed by atoms with Gasteiger partial charge in [-0.15, -0.1) is 22.7 Å². The van der Waals surface area contributed by atoms with Gasteiger partial charge in [0.05, 0.1) is 15.9 Å². The summed E-state index contributed by atoms with van der Waals surface area (Å²) >= 11 is 3.74. The van der Waals surface area contributed by atoms with E-state index in [1.807, 2.05) is 22.7 Å². The van der Waals surface area contributed by atoms with Crippen molar-refractivity contribution in [1.29, 1.82) is 0 Å². The Kier molecular flexibility index (Phi) is 5.02. The summed E-state index contributed by atoms with van der Waals surface area (Å²) < 4.78 is 3.81. The molecule has 0 fully saturated rings. The van der Waals surface area contributed by atoms with Gasteiger partial charge in [0.15, 0.2) is 0 Å². The van der Waals surface area contributed by atoms with Crippen LogP contribution in [-0.4, -0.2) is 9.97 Å². The van der Waals surface area contributed by atoms with Crippen molar-refractivity contribution >= 4 is 63.8 Å². The Hall–Kier alpha value is -2.82. The Morgan fingerprint density at radius 3 is 2.44 bits per heavy atom. The Labute approximate surface area is 208 Å². The van der Waals surface area contributed by atoms with Gasteiger partial charge in [-0.2, -0.15) is 0 Å². The topological polar surface area (TPSA) is 25.8 Å². The third-order valence-corrected chi connectivity index (χ3v) is 8.76. The van der Waals surface area contributed by atoms with Crippen LogP contribution in [0.15, 0.2) is 60.9 Å². The number of hydrogen-bond acceptors (Lipinski definition) is 4. The third-order valence-electron chi connectivity index (χ3n) is 6.49. The molecule has 0 bridgehead atoms. The summed E-state index contributed by atoms with van der Waals surface area (Å²) in [5.74, 6) is 0.672. The lowest BCUT2D eigenvalue weighted by atomic mass is 9.82. The maximum absolute atomic E-state index is 4.81. The van der Waals surface area contributed by atoms with Crippen LogP contribution in [0.3, 0.4) is 0 Å². The van der Waals surface area contributed by atoms with Crippen molar-refractivity contribution in [3.05, 3.63) is 71.4 Å². The van der Waals surface area contributed by atoms with Crippen molar-refractivity contribution in [2.75, 3.05) is 0 Å². The average molecular weight is 481 g/mol. The van der Waals surface area contributed by atoms with Crippen molar-refractivity contribution < 1.29 is 0 Å². The van der Waals surface area contributed by atoms with Gasteiger partial charge in [0.2, 0.25) is 0 Å². The number of thiophene rings is 2. The fourth-order valence-corrected chi connectivity index (χ4v) is 7.43. The molecule has 0 N–H and O–H groups in total. The summed E-state index contributed by atoms with van der Waals surface area (Å²) in [4.78, 5) is 11.0. The number of benzene rings is 3. The molecule has 2 nitrogen and oxygen atoms in total. The van der Waals surface area contributed by atoms with Crippen LogP contribution in [0.25, 0.3) is 52.4 Å². The van der Waals surface area contributed by atoms with E-state index in [0.29, 0.717) is 5.92 Å². The van der Waals surface area contributed by atoms with Crippen LogP contribution < -0.4 is 0 Å². The average Bonchev–Trinajstić information content (AvgIpc) is 3.34. The molecule has 3 heterocycles. The Balaban J connectivity index is 1.58. The van der Waals surface area contributed by atoms with Crippen molar-refractivity contribution in [1.82, 2.24) is 9.97 Å². The van der Waals surface area contributed by atoms with Crippen molar-refractivity contribution in [2.45, 2.75) is 46.5 Å². The maximum Gasteiger partial charge on any atom is 0.116 e. The fraction of sp³-hybridized carbons (Fsp3) is 0.267. The molecule has 3 aromatic carbocycles. The molecule has 0 aliphatic rings. The van der Waals surface area contributed by atoms with Crippen LogP contribution in [0.5, 0.6) is 0 Å². The van der Waals surface area contributed by atoms with Gasteiger partial charge in [0.1, 0.15) is 6.33 Å². The number of hydrogen-bond donors (Lipinski definition) is 0. The normalized spacial score (nSPS) is 12.6. The zero-order valence-electron chi connectivity index (χ0n) is 20.3. The van der Waals surface area contributed by atoms with E-state index in [2.05, 4.69) is 89.2 Å². The number of fused-ring (bicyclic) bond motifs is 5. The molecule has 0 saturated carbocycles. The SMILES string of the molecule is CC(C)Cc1cc2cc3sc4c(-c5cc(C(C)(C)C)c6ccccc6c5)ncnc4c3cc2s1. The second-order valence-corrected chi connectivity index (χ2v) is 12.9. The van der Waals surface area contributed by atoms with Gasteiger partial charge in [-0.25, -0.2) is 9.97 Å². The van der Waals surface area contributed by atoms with Crippen LogP contribution >= 0.6 is 22.7 Å². The molecule has 0 spiro atoms. The van der Waals surface area contributed by atoms with Crippen molar-refractivity contribution in [3.63, 3.8) is 0 Å². The number of rotatable bonds is 3. The van der Waals surface area contributed by atoms with Gasteiger partial charge >= 0.3 is 0 Å². The summed E-state index contributed by atoms with van der Waals surface area (Å²) in [6.45, 7) is 11.4. The molecule has 0 unspecified atom stereocenters. The van der Waals surface area contributed by atoms with E-state index in [-0.39, 0.29) is 5.41 Å². The summed E-state index contributed by atoms with van der Waals surface area (Å²) in [7, 11) is 0. The van der Waals surface area contributed by atoms with E-state index in [0.717, 1.165) is 17.6 Å². The lowest BCUT2D eigenvalue weighted by Gasteiger charge is -2.22. The first-order chi connectivity index (χ1) is 16.3. The highest BCUT2D eigenvalue weighted by molar-refractivity contribution is 7.26. The highest BCUT2D eigenvalue weighted by atomic mass is 32.1. The van der Waals surface area contributed by atoms with Crippen LogP contribution in [0.4, 0.5) is 0 Å². The van der Waals surface area contributed by atoms with Crippen LogP contribution in [0.2, 0.25) is 0 Å². The van der Waals surface area contributed by atoms with Gasteiger partial charge in [0, 0.05) is 25.2 Å². The highest BCUT2D eigenvalue weighted by Crippen LogP contribution is 2.42. The number of aromatic nitrogens is 2. The van der Waals surface area contributed by atoms with Gasteiger partial charge in [0.25, 0.3) is 0 Å².